The summed E-state index contributed by atoms with van der Waals surface area (Å²) in [6.07, 6.45) is 7.93. The summed E-state index contributed by atoms with van der Waals surface area (Å²) in [5, 5.41) is 1.48. The van der Waals surface area contributed by atoms with Crippen molar-refractivity contribution in [2.24, 2.45) is 0 Å². The van der Waals surface area contributed by atoms with E-state index in [9.17, 15) is 0 Å². The molecule has 1 aromatic heterocycles. The van der Waals surface area contributed by atoms with Crippen LogP contribution in [0.2, 0.25) is 10.0 Å². The van der Waals surface area contributed by atoms with E-state index in [1.165, 1.54) is 67.2 Å². The molecular formula is C56H53Cl2N2+. The maximum Gasteiger partial charge on any atom is 0.213 e. The Morgan fingerprint density at radius 1 is 0.517 bits per heavy atom. The SMILES string of the molecule is Cc1ccc(C2=CC(c3cccc(Cl)c3)=CC(c3ccc(C)cc3)N2C(C)CCCC[n+]2c(-c3ccc(C)cc3)cc(-c3cccc(Cl)c3)cc2-c2ccc(C)cc2)cc1. The molecule has 60 heavy (non-hydrogen) atoms. The van der Waals surface area contributed by atoms with E-state index in [1.807, 2.05) is 24.3 Å². The highest BCUT2D eigenvalue weighted by Crippen LogP contribution is 2.42. The number of aromatic nitrogens is 1. The zero-order valence-corrected chi connectivity index (χ0v) is 36.8. The molecule has 0 saturated carbocycles. The summed E-state index contributed by atoms with van der Waals surface area (Å²) >= 11 is 13.1. The van der Waals surface area contributed by atoms with Gasteiger partial charge in [0.15, 0.2) is 0 Å². The summed E-state index contributed by atoms with van der Waals surface area (Å²) in [5.41, 5.74) is 18.1. The molecule has 300 valence electrons. The molecule has 0 fully saturated rings. The van der Waals surface area contributed by atoms with Crippen molar-refractivity contribution in [1.29, 1.82) is 0 Å². The monoisotopic (exact) mass is 823 g/mol. The molecule has 7 aromatic rings. The molecular weight excluding hydrogens is 772 g/mol. The Labute approximate surface area is 367 Å². The summed E-state index contributed by atoms with van der Waals surface area (Å²) in [5.74, 6) is 0. The number of halogens is 2. The third kappa shape index (κ3) is 9.37. The van der Waals surface area contributed by atoms with Gasteiger partial charge in [-0.25, -0.2) is 0 Å². The summed E-state index contributed by atoms with van der Waals surface area (Å²) in [6, 6.07) is 57.4. The molecule has 1 aliphatic heterocycles. The maximum absolute atomic E-state index is 6.58. The Kier molecular flexibility index (Phi) is 12.5. The van der Waals surface area contributed by atoms with Crippen LogP contribution in [-0.2, 0) is 6.54 Å². The van der Waals surface area contributed by atoms with E-state index < -0.39 is 0 Å². The maximum atomic E-state index is 6.58. The molecule has 8 rings (SSSR count). The van der Waals surface area contributed by atoms with Gasteiger partial charge in [0.05, 0.1) is 6.04 Å². The number of rotatable bonds is 12. The summed E-state index contributed by atoms with van der Waals surface area (Å²) in [4.78, 5) is 2.66. The predicted molar refractivity (Wildman–Crippen MR) is 255 cm³/mol. The summed E-state index contributed by atoms with van der Waals surface area (Å²) in [6.45, 7) is 11.9. The van der Waals surface area contributed by atoms with E-state index in [0.29, 0.717) is 0 Å². The molecule has 2 atom stereocenters. The average molecular weight is 825 g/mol. The molecule has 4 heteroatoms. The third-order valence-corrected chi connectivity index (χ3v) is 12.3. The predicted octanol–water partition coefficient (Wildman–Crippen LogP) is 15.3. The molecule has 1 aliphatic rings. The zero-order valence-electron chi connectivity index (χ0n) is 35.3. The van der Waals surface area contributed by atoms with Gasteiger partial charge in [0.1, 0.15) is 6.54 Å². The largest absolute Gasteiger partial charge is 0.358 e. The van der Waals surface area contributed by atoms with Crippen molar-refractivity contribution in [2.45, 2.75) is 72.5 Å². The molecule has 0 saturated heterocycles. The normalized spacial score (nSPS) is 14.4. The summed E-state index contributed by atoms with van der Waals surface area (Å²) < 4.78 is 2.54. The van der Waals surface area contributed by atoms with Crippen LogP contribution >= 0.6 is 23.2 Å². The van der Waals surface area contributed by atoms with Crippen molar-refractivity contribution in [3.8, 4) is 33.6 Å². The Morgan fingerprint density at radius 3 is 1.53 bits per heavy atom. The van der Waals surface area contributed by atoms with Gasteiger partial charge in [-0.05, 0) is 142 Å². The van der Waals surface area contributed by atoms with Gasteiger partial charge in [0, 0.05) is 51.5 Å². The van der Waals surface area contributed by atoms with E-state index >= 15 is 0 Å². The fourth-order valence-corrected chi connectivity index (χ4v) is 8.86. The first-order valence-electron chi connectivity index (χ1n) is 21.2. The Balaban J connectivity index is 1.14. The van der Waals surface area contributed by atoms with Gasteiger partial charge >= 0.3 is 0 Å². The van der Waals surface area contributed by atoms with Crippen LogP contribution in [0.3, 0.4) is 0 Å². The van der Waals surface area contributed by atoms with Gasteiger partial charge in [0.2, 0.25) is 11.4 Å². The van der Waals surface area contributed by atoms with Crippen LogP contribution in [-0.4, -0.2) is 10.9 Å². The molecule has 0 N–H and O–H groups in total. The molecule has 2 heterocycles. The Morgan fingerprint density at radius 2 is 1.00 bits per heavy atom. The minimum atomic E-state index is 0.0468. The minimum absolute atomic E-state index is 0.0468. The molecule has 2 nitrogen and oxygen atoms in total. The lowest BCUT2D eigenvalue weighted by atomic mass is 9.89. The van der Waals surface area contributed by atoms with Crippen LogP contribution in [0.1, 0.15) is 71.2 Å². The average Bonchev–Trinajstić information content (AvgIpc) is 3.25. The molecule has 0 radical (unpaired) electrons. The molecule has 2 unspecified atom stereocenters. The zero-order chi connectivity index (χ0) is 41.8. The number of pyridine rings is 1. The molecule has 0 spiro atoms. The van der Waals surface area contributed by atoms with Crippen LogP contribution in [0.5, 0.6) is 0 Å². The van der Waals surface area contributed by atoms with Crippen molar-refractivity contribution in [3.63, 3.8) is 0 Å². The second-order valence-electron chi connectivity index (χ2n) is 16.5. The van der Waals surface area contributed by atoms with E-state index in [1.54, 1.807) is 0 Å². The van der Waals surface area contributed by atoms with Gasteiger partial charge in [-0.2, -0.15) is 4.57 Å². The standard InChI is InChI=1S/C56H53Cl2N2/c1-38-15-23-43(24-16-38)53-34-49(47-11-8-13-51(57)32-47)35-54(44-25-17-39(2)18-26-44)59(53)31-7-6-10-42(5)60-55(45-27-19-40(3)20-28-45)36-50(48-12-9-14-52(58)33-48)37-56(60)46-29-21-41(4)22-30-46/h8-9,11-30,32-37,42,55H,6-7,10,31H2,1-5H3/q+1. The van der Waals surface area contributed by atoms with Gasteiger partial charge in [-0.15, -0.1) is 0 Å². The first-order chi connectivity index (χ1) is 29.1. The van der Waals surface area contributed by atoms with Crippen LogP contribution in [0.25, 0.3) is 44.9 Å². The first kappa shape index (κ1) is 41.1. The van der Waals surface area contributed by atoms with Crippen molar-refractivity contribution >= 4 is 34.5 Å². The second-order valence-corrected chi connectivity index (χ2v) is 17.4. The summed E-state index contributed by atoms with van der Waals surface area (Å²) in [7, 11) is 0. The van der Waals surface area contributed by atoms with Crippen LogP contribution in [0.4, 0.5) is 0 Å². The van der Waals surface area contributed by atoms with Gasteiger partial charge in [0.25, 0.3) is 0 Å². The van der Waals surface area contributed by atoms with E-state index in [0.717, 1.165) is 52.5 Å². The highest BCUT2D eigenvalue weighted by atomic mass is 35.5. The van der Waals surface area contributed by atoms with E-state index in [2.05, 4.69) is 190 Å². The highest BCUT2D eigenvalue weighted by Gasteiger charge is 2.31. The molecule has 0 bridgehead atoms. The number of hydrogen-bond donors (Lipinski definition) is 0. The number of aryl methyl sites for hydroxylation is 4. The van der Waals surface area contributed by atoms with Crippen LogP contribution < -0.4 is 4.57 Å². The second kappa shape index (κ2) is 18.3. The van der Waals surface area contributed by atoms with Crippen molar-refractivity contribution < 1.29 is 4.57 Å². The third-order valence-electron chi connectivity index (χ3n) is 11.9. The first-order valence-corrected chi connectivity index (χ1v) is 21.9. The van der Waals surface area contributed by atoms with Crippen LogP contribution in [0.15, 0.2) is 170 Å². The minimum Gasteiger partial charge on any atom is -0.358 e. The fourth-order valence-electron chi connectivity index (χ4n) is 8.48. The van der Waals surface area contributed by atoms with Gasteiger partial charge < -0.3 is 4.90 Å². The lowest BCUT2D eigenvalue weighted by Gasteiger charge is -2.42. The lowest BCUT2D eigenvalue weighted by molar-refractivity contribution is -0.675. The van der Waals surface area contributed by atoms with Crippen molar-refractivity contribution in [3.05, 3.63) is 219 Å². The Bertz CT molecular complexity index is 2590. The number of hydrogen-bond acceptors (Lipinski definition) is 1. The number of benzene rings is 6. The Hall–Kier alpha value is -5.67. The molecule has 0 aliphatic carbocycles. The number of unbranched alkanes of at least 4 members (excludes halogenated alkanes) is 1. The van der Waals surface area contributed by atoms with E-state index in [-0.39, 0.29) is 12.1 Å². The van der Waals surface area contributed by atoms with Crippen molar-refractivity contribution in [1.82, 2.24) is 4.90 Å². The van der Waals surface area contributed by atoms with Crippen LogP contribution in [0, 0.1) is 27.7 Å². The number of allylic oxidation sites excluding steroid dienone is 2. The smallest absolute Gasteiger partial charge is 0.213 e. The quantitative estimate of drug-likeness (QED) is 0.0879. The fraction of sp³-hybridized carbons (Fsp3) is 0.196. The van der Waals surface area contributed by atoms with Gasteiger partial charge in [-0.1, -0.05) is 143 Å². The highest BCUT2D eigenvalue weighted by molar-refractivity contribution is 6.31. The molecule has 6 aromatic carbocycles. The molecule has 0 amide bonds. The van der Waals surface area contributed by atoms with E-state index in [4.69, 9.17) is 23.2 Å². The lowest BCUT2D eigenvalue weighted by Crippen LogP contribution is -2.39. The number of nitrogens with zero attached hydrogens (tertiary/aromatic N) is 2. The van der Waals surface area contributed by atoms with Gasteiger partial charge in [-0.3, -0.25) is 0 Å². The topological polar surface area (TPSA) is 7.12 Å². The van der Waals surface area contributed by atoms with Crippen molar-refractivity contribution in [2.75, 3.05) is 0 Å².